The Hall–Kier alpha value is -0.890. The number of carbonyl (C=O) groups is 1. The van der Waals surface area contributed by atoms with Gasteiger partial charge in [-0.3, -0.25) is 0 Å². The third-order valence-corrected chi connectivity index (χ3v) is 4.21. The van der Waals surface area contributed by atoms with Crippen molar-refractivity contribution in [3.8, 4) is 0 Å². The van der Waals surface area contributed by atoms with E-state index in [1.165, 1.54) is 0 Å². The van der Waals surface area contributed by atoms with Crippen molar-refractivity contribution in [3.63, 3.8) is 0 Å². The molecule has 0 fully saturated rings. The maximum atomic E-state index is 11.6. The van der Waals surface area contributed by atoms with Crippen LogP contribution in [-0.2, 0) is 0 Å². The fraction of sp³-hybridized carbons (Fsp3) is 0.941. The number of carbonyl (C=O) groups excluding carboxylic acids is 1. The number of urea groups is 1. The second kappa shape index (κ2) is 13.4. The van der Waals surface area contributed by atoms with Crippen LogP contribution in [-0.4, -0.2) is 87.2 Å². The predicted molar refractivity (Wildman–Crippen MR) is 102 cm³/mol. The van der Waals surface area contributed by atoms with Crippen LogP contribution in [0.25, 0.3) is 0 Å². The first-order valence-electron chi connectivity index (χ1n) is 9.07. The summed E-state index contributed by atoms with van der Waals surface area (Å²) in [6, 6.07) is -0.155. The highest BCUT2D eigenvalue weighted by Crippen LogP contribution is 2.05. The zero-order valence-electron chi connectivity index (χ0n) is 16.2. The van der Waals surface area contributed by atoms with E-state index in [0.29, 0.717) is 13.1 Å². The molecule has 0 aromatic carbocycles. The Kier molecular flexibility index (Phi) is 12.9. The smallest absolute Gasteiger partial charge is 0.314 e. The quantitative estimate of drug-likeness (QED) is 0.425. The summed E-state index contributed by atoms with van der Waals surface area (Å²) in [4.78, 5) is 17.6. The molecule has 0 radical (unpaired) electrons. The van der Waals surface area contributed by atoms with E-state index >= 15 is 0 Å². The Morgan fingerprint density at radius 1 is 0.750 bits per heavy atom. The third kappa shape index (κ3) is 13.5. The van der Waals surface area contributed by atoms with Gasteiger partial charge in [0.1, 0.15) is 0 Å². The van der Waals surface area contributed by atoms with Crippen LogP contribution in [0.5, 0.6) is 0 Å². The van der Waals surface area contributed by atoms with Crippen molar-refractivity contribution in [1.29, 1.82) is 0 Å². The molecular formula is C17H40N6O. The van der Waals surface area contributed by atoms with Gasteiger partial charge in [0.15, 0.2) is 0 Å². The number of nitrogens with two attached hydrogens (primary N) is 3. The van der Waals surface area contributed by atoms with Crippen LogP contribution in [0.15, 0.2) is 0 Å². The molecule has 0 aromatic heterocycles. The van der Waals surface area contributed by atoms with Crippen molar-refractivity contribution in [3.05, 3.63) is 0 Å². The summed E-state index contributed by atoms with van der Waals surface area (Å²) in [5.74, 6) is 0. The molecule has 0 aliphatic rings. The van der Waals surface area contributed by atoms with Gasteiger partial charge in [0.25, 0.3) is 0 Å². The summed E-state index contributed by atoms with van der Waals surface area (Å²) in [6.07, 6.45) is 5.64. The fourth-order valence-corrected chi connectivity index (χ4v) is 2.60. The maximum absolute atomic E-state index is 11.6. The lowest BCUT2D eigenvalue weighted by Crippen LogP contribution is -2.41. The minimum absolute atomic E-state index is 0.112. The molecule has 24 heavy (non-hydrogen) atoms. The molecule has 0 spiro atoms. The van der Waals surface area contributed by atoms with Crippen LogP contribution < -0.4 is 17.2 Å². The van der Waals surface area contributed by atoms with Crippen LogP contribution in [0, 0.1) is 0 Å². The molecular weight excluding hydrogens is 304 g/mol. The summed E-state index contributed by atoms with van der Waals surface area (Å²) < 4.78 is 0. The largest absolute Gasteiger partial charge is 0.351 e. The minimum Gasteiger partial charge on any atom is -0.351 e. The summed E-state index contributed by atoms with van der Waals surface area (Å²) in [5, 5.41) is 0. The lowest BCUT2D eigenvalue weighted by Gasteiger charge is -2.24. The first-order valence-corrected chi connectivity index (χ1v) is 9.07. The van der Waals surface area contributed by atoms with Gasteiger partial charge in [0.2, 0.25) is 0 Å². The normalized spacial score (nSPS) is 14.2. The van der Waals surface area contributed by atoms with Gasteiger partial charge in [-0.1, -0.05) is 0 Å². The lowest BCUT2D eigenvalue weighted by molar-refractivity contribution is 0.202. The number of hydrogen-bond acceptors (Lipinski definition) is 5. The molecule has 0 aliphatic carbocycles. The first kappa shape index (κ1) is 23.1. The lowest BCUT2D eigenvalue weighted by atomic mass is 10.1. The zero-order chi connectivity index (χ0) is 18.5. The molecule has 2 atom stereocenters. The van der Waals surface area contributed by atoms with E-state index in [4.69, 9.17) is 17.2 Å². The number of hydrogen-bond donors (Lipinski definition) is 3. The molecule has 0 aromatic rings. The molecule has 2 unspecified atom stereocenters. The van der Waals surface area contributed by atoms with Gasteiger partial charge in [0, 0.05) is 25.2 Å². The standard InChI is InChI=1S/C17H40N6O/c1-21(2)11-5-7-15(18)9-13-23(17(20)24)14-10-16(19)8-6-12-22(3)4/h15-16H,5-14,18-19H2,1-4H3,(H2,20,24). The predicted octanol–water partition coefficient (Wildman–Crippen LogP) is 0.486. The third-order valence-electron chi connectivity index (χ3n) is 4.21. The minimum atomic E-state index is -0.379. The Balaban J connectivity index is 3.98. The monoisotopic (exact) mass is 344 g/mol. The Bertz CT molecular complexity index is 300. The second-order valence-electron chi connectivity index (χ2n) is 7.31. The van der Waals surface area contributed by atoms with Crippen LogP contribution in [0.4, 0.5) is 4.79 Å². The van der Waals surface area contributed by atoms with Gasteiger partial charge < -0.3 is 31.9 Å². The summed E-state index contributed by atoms with van der Waals surface area (Å²) in [6.45, 7) is 3.30. The molecule has 0 bridgehead atoms. The molecule has 0 saturated heterocycles. The summed E-state index contributed by atoms with van der Waals surface area (Å²) in [7, 11) is 8.23. The molecule has 0 heterocycles. The number of nitrogens with zero attached hydrogens (tertiary/aromatic N) is 3. The van der Waals surface area contributed by atoms with Gasteiger partial charge in [0.05, 0.1) is 0 Å². The van der Waals surface area contributed by atoms with Crippen LogP contribution in [0.1, 0.15) is 38.5 Å². The van der Waals surface area contributed by atoms with E-state index in [9.17, 15) is 4.79 Å². The molecule has 144 valence electrons. The zero-order valence-corrected chi connectivity index (χ0v) is 16.2. The Morgan fingerprint density at radius 3 is 1.42 bits per heavy atom. The maximum Gasteiger partial charge on any atom is 0.314 e. The van der Waals surface area contributed by atoms with Crippen molar-refractivity contribution in [1.82, 2.24) is 14.7 Å². The number of amides is 2. The van der Waals surface area contributed by atoms with Gasteiger partial charge in [-0.25, -0.2) is 4.79 Å². The van der Waals surface area contributed by atoms with Crippen LogP contribution in [0.2, 0.25) is 0 Å². The van der Waals surface area contributed by atoms with Crippen LogP contribution >= 0.6 is 0 Å². The van der Waals surface area contributed by atoms with Gasteiger partial charge in [-0.15, -0.1) is 0 Å². The van der Waals surface area contributed by atoms with Gasteiger partial charge in [-0.2, -0.15) is 0 Å². The molecule has 7 nitrogen and oxygen atoms in total. The van der Waals surface area contributed by atoms with E-state index in [1.54, 1.807) is 4.90 Å². The van der Waals surface area contributed by atoms with E-state index in [-0.39, 0.29) is 18.1 Å². The molecule has 0 aliphatic heterocycles. The van der Waals surface area contributed by atoms with E-state index in [1.807, 2.05) is 0 Å². The molecule has 0 saturated carbocycles. The van der Waals surface area contributed by atoms with Crippen molar-refractivity contribution in [2.24, 2.45) is 17.2 Å². The molecule has 6 N–H and O–H groups in total. The van der Waals surface area contributed by atoms with E-state index < -0.39 is 0 Å². The summed E-state index contributed by atoms with van der Waals surface area (Å²) >= 11 is 0. The van der Waals surface area contributed by atoms with Crippen molar-refractivity contribution in [2.45, 2.75) is 50.6 Å². The average Bonchev–Trinajstić information content (AvgIpc) is 2.45. The molecule has 7 heteroatoms. The molecule has 0 rings (SSSR count). The number of rotatable bonds is 14. The van der Waals surface area contributed by atoms with Gasteiger partial charge in [-0.05, 0) is 79.8 Å². The van der Waals surface area contributed by atoms with Crippen molar-refractivity contribution < 1.29 is 4.79 Å². The highest BCUT2D eigenvalue weighted by molar-refractivity contribution is 5.71. The van der Waals surface area contributed by atoms with Gasteiger partial charge >= 0.3 is 6.03 Å². The second-order valence-corrected chi connectivity index (χ2v) is 7.31. The SMILES string of the molecule is CN(C)CCCC(N)CCN(CCC(N)CCCN(C)C)C(N)=O. The highest BCUT2D eigenvalue weighted by atomic mass is 16.2. The van der Waals surface area contributed by atoms with E-state index in [0.717, 1.165) is 51.6 Å². The van der Waals surface area contributed by atoms with Crippen molar-refractivity contribution in [2.75, 3.05) is 54.4 Å². The van der Waals surface area contributed by atoms with Crippen molar-refractivity contribution >= 4 is 6.03 Å². The topological polar surface area (TPSA) is 105 Å². The van der Waals surface area contributed by atoms with Crippen LogP contribution in [0.3, 0.4) is 0 Å². The highest BCUT2D eigenvalue weighted by Gasteiger charge is 2.13. The molecule has 2 amide bonds. The number of primary amides is 1. The average molecular weight is 345 g/mol. The summed E-state index contributed by atoms with van der Waals surface area (Å²) in [5.41, 5.74) is 17.7. The van der Waals surface area contributed by atoms with E-state index in [2.05, 4.69) is 38.0 Å². The Labute approximate surface area is 148 Å². The first-order chi connectivity index (χ1) is 11.2. The Morgan fingerprint density at radius 2 is 1.12 bits per heavy atom. The fourth-order valence-electron chi connectivity index (χ4n) is 2.60.